The van der Waals surface area contributed by atoms with Crippen LogP contribution in [0.3, 0.4) is 0 Å². The number of carbonyl (C=O) groups is 1. The summed E-state index contributed by atoms with van der Waals surface area (Å²) in [5.74, 6) is 0.573. The van der Waals surface area contributed by atoms with Gasteiger partial charge in [-0.25, -0.2) is 4.79 Å². The van der Waals surface area contributed by atoms with Gasteiger partial charge in [0.1, 0.15) is 5.75 Å². The molecule has 1 amide bonds. The first-order valence-electron chi connectivity index (χ1n) is 5.59. The second-order valence-corrected chi connectivity index (χ2v) is 3.89. The van der Waals surface area contributed by atoms with Gasteiger partial charge in [0.15, 0.2) is 0 Å². The average Bonchev–Trinajstić information content (AvgIpc) is 2.31. The van der Waals surface area contributed by atoms with Gasteiger partial charge in [-0.15, -0.1) is 0 Å². The van der Waals surface area contributed by atoms with E-state index < -0.39 is 0 Å². The lowest BCUT2D eigenvalue weighted by Gasteiger charge is -2.23. The lowest BCUT2D eigenvalue weighted by atomic mass is 10.1. The number of nitrogens with one attached hydrogen (secondary N) is 2. The molecule has 2 N–H and O–H groups in total. The Morgan fingerprint density at radius 1 is 1.38 bits per heavy atom. The van der Waals surface area contributed by atoms with Crippen LogP contribution >= 0.6 is 0 Å². The normalized spacial score (nSPS) is 20.1. The lowest BCUT2D eigenvalue weighted by Crippen LogP contribution is -2.46. The van der Waals surface area contributed by atoms with Gasteiger partial charge in [-0.1, -0.05) is 18.2 Å². The number of para-hydroxylation sites is 1. The zero-order valence-electron chi connectivity index (χ0n) is 9.11. The molecular formula is C12H16N2O2. The molecule has 0 spiro atoms. The van der Waals surface area contributed by atoms with E-state index in [1.165, 1.54) is 0 Å². The zero-order valence-corrected chi connectivity index (χ0v) is 9.11. The van der Waals surface area contributed by atoms with Gasteiger partial charge >= 0.3 is 6.09 Å². The third-order valence-corrected chi connectivity index (χ3v) is 2.57. The Labute approximate surface area is 95.0 Å². The van der Waals surface area contributed by atoms with Crippen LogP contribution in [0.15, 0.2) is 30.3 Å². The quantitative estimate of drug-likeness (QED) is 0.794. The van der Waals surface area contributed by atoms with E-state index in [0.717, 1.165) is 25.9 Å². The molecular weight excluding hydrogens is 204 g/mol. The third-order valence-electron chi connectivity index (χ3n) is 2.57. The Kier molecular flexibility index (Phi) is 3.77. The summed E-state index contributed by atoms with van der Waals surface area (Å²) >= 11 is 0. The summed E-state index contributed by atoms with van der Waals surface area (Å²) in [6.07, 6.45) is 1.73. The highest BCUT2D eigenvalue weighted by molar-refractivity contribution is 5.70. The number of rotatable bonds is 2. The smallest absolute Gasteiger partial charge is 0.410 e. The van der Waals surface area contributed by atoms with E-state index in [0.29, 0.717) is 5.75 Å². The van der Waals surface area contributed by atoms with Crippen molar-refractivity contribution in [1.82, 2.24) is 10.6 Å². The molecule has 4 nitrogen and oxygen atoms in total. The fourth-order valence-corrected chi connectivity index (χ4v) is 1.77. The van der Waals surface area contributed by atoms with E-state index in [4.69, 9.17) is 4.74 Å². The molecule has 86 valence electrons. The Bertz CT molecular complexity index is 334. The van der Waals surface area contributed by atoms with Gasteiger partial charge in [0.05, 0.1) is 0 Å². The van der Waals surface area contributed by atoms with Crippen LogP contribution in [0, 0.1) is 0 Å². The molecule has 1 aliphatic rings. The number of hydrogen-bond acceptors (Lipinski definition) is 3. The monoisotopic (exact) mass is 220 g/mol. The van der Waals surface area contributed by atoms with Gasteiger partial charge in [-0.05, 0) is 31.5 Å². The van der Waals surface area contributed by atoms with Crippen LogP contribution < -0.4 is 15.4 Å². The van der Waals surface area contributed by atoms with Crippen molar-refractivity contribution in [2.45, 2.75) is 18.9 Å². The molecule has 0 aliphatic carbocycles. The Hall–Kier alpha value is -1.55. The SMILES string of the molecule is O=C(NC1CCCNC1)Oc1ccccc1. The molecule has 16 heavy (non-hydrogen) atoms. The summed E-state index contributed by atoms with van der Waals surface area (Å²) in [7, 11) is 0. The largest absolute Gasteiger partial charge is 0.412 e. The minimum absolute atomic E-state index is 0.185. The second kappa shape index (κ2) is 5.51. The molecule has 2 rings (SSSR count). The predicted molar refractivity (Wildman–Crippen MR) is 61.5 cm³/mol. The third kappa shape index (κ3) is 3.24. The highest BCUT2D eigenvalue weighted by Gasteiger charge is 2.15. The van der Waals surface area contributed by atoms with Gasteiger partial charge in [0.25, 0.3) is 0 Å². The molecule has 1 aromatic rings. The summed E-state index contributed by atoms with van der Waals surface area (Å²) in [5, 5.41) is 6.08. The summed E-state index contributed by atoms with van der Waals surface area (Å²) in [6.45, 7) is 1.86. The van der Waals surface area contributed by atoms with Crippen LogP contribution in [0.2, 0.25) is 0 Å². The Balaban J connectivity index is 1.80. The number of hydrogen-bond donors (Lipinski definition) is 2. The molecule has 1 fully saturated rings. The van der Waals surface area contributed by atoms with Crippen molar-refractivity contribution in [2.75, 3.05) is 13.1 Å². The molecule has 1 aromatic carbocycles. The van der Waals surface area contributed by atoms with Crippen molar-refractivity contribution in [3.8, 4) is 5.75 Å². The van der Waals surface area contributed by atoms with Gasteiger partial charge in [0, 0.05) is 12.6 Å². The number of piperidine rings is 1. The Morgan fingerprint density at radius 2 is 2.19 bits per heavy atom. The van der Waals surface area contributed by atoms with Crippen LogP contribution in [-0.2, 0) is 0 Å². The molecule has 0 radical (unpaired) electrons. The minimum Gasteiger partial charge on any atom is -0.410 e. The summed E-state index contributed by atoms with van der Waals surface area (Å²) in [5.41, 5.74) is 0. The number of amides is 1. The van der Waals surface area contributed by atoms with Crippen molar-refractivity contribution in [3.05, 3.63) is 30.3 Å². The highest BCUT2D eigenvalue weighted by Crippen LogP contribution is 2.09. The van der Waals surface area contributed by atoms with Crippen LogP contribution in [0.1, 0.15) is 12.8 Å². The van der Waals surface area contributed by atoms with E-state index in [1.807, 2.05) is 18.2 Å². The van der Waals surface area contributed by atoms with Crippen molar-refractivity contribution >= 4 is 6.09 Å². The van der Waals surface area contributed by atoms with Crippen LogP contribution in [-0.4, -0.2) is 25.2 Å². The van der Waals surface area contributed by atoms with E-state index >= 15 is 0 Å². The Morgan fingerprint density at radius 3 is 2.88 bits per heavy atom. The molecule has 0 aromatic heterocycles. The van der Waals surface area contributed by atoms with E-state index in [1.54, 1.807) is 12.1 Å². The summed E-state index contributed by atoms with van der Waals surface area (Å²) < 4.78 is 5.14. The highest BCUT2D eigenvalue weighted by atomic mass is 16.6. The van der Waals surface area contributed by atoms with Crippen molar-refractivity contribution in [2.24, 2.45) is 0 Å². The summed E-state index contributed by atoms with van der Waals surface area (Å²) in [6, 6.07) is 9.27. The standard InChI is InChI=1S/C12H16N2O2/c15-12(14-10-5-4-8-13-9-10)16-11-6-2-1-3-7-11/h1-3,6-7,10,13H,4-5,8-9H2,(H,14,15). The van der Waals surface area contributed by atoms with Crippen LogP contribution in [0.5, 0.6) is 5.75 Å². The molecule has 0 bridgehead atoms. The van der Waals surface area contributed by atoms with E-state index in [2.05, 4.69) is 10.6 Å². The predicted octanol–water partition coefficient (Wildman–Crippen LogP) is 1.53. The van der Waals surface area contributed by atoms with Gasteiger partial charge < -0.3 is 15.4 Å². The fraction of sp³-hybridized carbons (Fsp3) is 0.417. The summed E-state index contributed by atoms with van der Waals surface area (Å²) in [4.78, 5) is 11.5. The molecule has 1 heterocycles. The van der Waals surface area contributed by atoms with Crippen molar-refractivity contribution < 1.29 is 9.53 Å². The minimum atomic E-state index is -0.375. The van der Waals surface area contributed by atoms with Crippen LogP contribution in [0.4, 0.5) is 4.79 Å². The molecule has 1 atom stereocenters. The lowest BCUT2D eigenvalue weighted by molar-refractivity contribution is 0.193. The maximum absolute atomic E-state index is 11.5. The molecule has 1 aliphatic heterocycles. The average molecular weight is 220 g/mol. The van der Waals surface area contributed by atoms with E-state index in [9.17, 15) is 4.79 Å². The number of benzene rings is 1. The first kappa shape index (κ1) is 11.0. The van der Waals surface area contributed by atoms with Gasteiger partial charge in [0.2, 0.25) is 0 Å². The topological polar surface area (TPSA) is 50.4 Å². The molecule has 1 saturated heterocycles. The number of carbonyl (C=O) groups excluding carboxylic acids is 1. The van der Waals surface area contributed by atoms with Crippen molar-refractivity contribution in [1.29, 1.82) is 0 Å². The number of ether oxygens (including phenoxy) is 1. The maximum Gasteiger partial charge on any atom is 0.412 e. The second-order valence-electron chi connectivity index (χ2n) is 3.89. The van der Waals surface area contributed by atoms with Gasteiger partial charge in [-0.2, -0.15) is 0 Å². The maximum atomic E-state index is 11.5. The first-order chi connectivity index (χ1) is 7.84. The first-order valence-corrected chi connectivity index (χ1v) is 5.59. The fourth-order valence-electron chi connectivity index (χ4n) is 1.77. The van der Waals surface area contributed by atoms with Crippen molar-refractivity contribution in [3.63, 3.8) is 0 Å². The van der Waals surface area contributed by atoms with Crippen LogP contribution in [0.25, 0.3) is 0 Å². The van der Waals surface area contributed by atoms with Gasteiger partial charge in [-0.3, -0.25) is 0 Å². The molecule has 1 unspecified atom stereocenters. The molecule has 4 heteroatoms. The molecule has 0 saturated carbocycles. The van der Waals surface area contributed by atoms with E-state index in [-0.39, 0.29) is 12.1 Å². The zero-order chi connectivity index (χ0) is 11.2.